The molecule has 0 heterocycles. The largest absolute Gasteiger partial charge is 0.480 e. The Morgan fingerprint density at radius 1 is 1.09 bits per heavy atom. The van der Waals surface area contributed by atoms with E-state index in [9.17, 15) is 14.4 Å². The summed E-state index contributed by atoms with van der Waals surface area (Å²) in [7, 11) is 0. The Bertz CT molecular complexity index is 374. The zero-order chi connectivity index (χ0) is 17.7. The average molecular weight is 329 g/mol. The zero-order valence-electron chi connectivity index (χ0n) is 14.3. The van der Waals surface area contributed by atoms with Crippen molar-refractivity contribution < 1.29 is 19.5 Å². The van der Waals surface area contributed by atoms with Gasteiger partial charge in [-0.2, -0.15) is 0 Å². The molecule has 0 aliphatic heterocycles. The highest BCUT2D eigenvalue weighted by Gasteiger charge is 2.18. The van der Waals surface area contributed by atoms with E-state index in [-0.39, 0.29) is 5.91 Å². The summed E-state index contributed by atoms with van der Waals surface area (Å²) in [5.41, 5.74) is 5.71. The molecule has 0 fully saturated rings. The van der Waals surface area contributed by atoms with Crippen LogP contribution in [0.3, 0.4) is 0 Å². The quantitative estimate of drug-likeness (QED) is 0.378. The highest BCUT2D eigenvalue weighted by molar-refractivity contribution is 5.86. The second-order valence-corrected chi connectivity index (χ2v) is 5.83. The molecule has 134 valence electrons. The van der Waals surface area contributed by atoms with Crippen LogP contribution < -0.4 is 16.4 Å². The summed E-state index contributed by atoms with van der Waals surface area (Å²) in [6.45, 7) is 4.10. The van der Waals surface area contributed by atoms with Crippen LogP contribution in [0.2, 0.25) is 0 Å². The van der Waals surface area contributed by atoms with Crippen LogP contribution in [0.25, 0.3) is 0 Å². The summed E-state index contributed by atoms with van der Waals surface area (Å²) in [5.74, 6) is -1.48. The molecule has 0 aliphatic rings. The van der Waals surface area contributed by atoms with Crippen molar-refractivity contribution in [3.63, 3.8) is 0 Å². The van der Waals surface area contributed by atoms with Crippen molar-refractivity contribution in [3.05, 3.63) is 0 Å². The highest BCUT2D eigenvalue weighted by atomic mass is 16.4. The van der Waals surface area contributed by atoms with Crippen LogP contribution in [-0.2, 0) is 14.4 Å². The minimum Gasteiger partial charge on any atom is -0.480 e. The fourth-order valence-electron chi connectivity index (χ4n) is 2.03. The molecule has 23 heavy (non-hydrogen) atoms. The van der Waals surface area contributed by atoms with E-state index in [0.29, 0.717) is 25.8 Å². The molecule has 0 bridgehead atoms. The maximum Gasteiger partial charge on any atom is 0.325 e. The standard InChI is InChI=1S/C16H31N3O4/c1-3-4-5-6-10-14(20)18-11-8-7-9-13(17)15(21)19-12(2)16(22)23/h12-13H,3-11,17H2,1-2H3,(H,18,20)(H,19,21)(H,22,23)/t12-,13-/m0/s1. The second-order valence-electron chi connectivity index (χ2n) is 5.83. The normalized spacial score (nSPS) is 13.2. The molecule has 5 N–H and O–H groups in total. The molecule has 0 aliphatic carbocycles. The number of carbonyl (C=O) groups is 3. The molecule has 0 rings (SSSR count). The molecule has 0 spiro atoms. The first-order chi connectivity index (χ1) is 10.9. The monoisotopic (exact) mass is 329 g/mol. The Labute approximate surface area is 138 Å². The fraction of sp³-hybridized carbons (Fsp3) is 0.812. The van der Waals surface area contributed by atoms with Gasteiger partial charge in [-0.1, -0.05) is 26.2 Å². The first kappa shape index (κ1) is 21.4. The molecule has 2 amide bonds. The average Bonchev–Trinajstić information content (AvgIpc) is 2.50. The zero-order valence-corrected chi connectivity index (χ0v) is 14.3. The minimum absolute atomic E-state index is 0.0680. The number of unbranched alkanes of at least 4 members (excludes halogenated alkanes) is 4. The number of amides is 2. The number of rotatable bonds is 13. The van der Waals surface area contributed by atoms with Crippen molar-refractivity contribution in [2.75, 3.05) is 6.54 Å². The van der Waals surface area contributed by atoms with Gasteiger partial charge in [0, 0.05) is 13.0 Å². The Morgan fingerprint density at radius 3 is 2.39 bits per heavy atom. The van der Waals surface area contributed by atoms with Crippen LogP contribution in [0.4, 0.5) is 0 Å². The lowest BCUT2D eigenvalue weighted by Crippen LogP contribution is -2.47. The van der Waals surface area contributed by atoms with Crippen LogP contribution in [0, 0.1) is 0 Å². The number of hydrogen-bond acceptors (Lipinski definition) is 4. The summed E-state index contributed by atoms with van der Waals surface area (Å²) in [6, 6.07) is -1.66. The molecule has 0 aromatic rings. The maximum atomic E-state index is 11.6. The Hall–Kier alpha value is -1.63. The van der Waals surface area contributed by atoms with Crippen LogP contribution in [0.15, 0.2) is 0 Å². The molecule has 0 saturated carbocycles. The molecule has 2 atom stereocenters. The summed E-state index contributed by atoms with van der Waals surface area (Å²) >= 11 is 0. The molecular weight excluding hydrogens is 298 g/mol. The first-order valence-electron chi connectivity index (χ1n) is 8.44. The number of nitrogens with one attached hydrogen (secondary N) is 2. The van der Waals surface area contributed by atoms with Gasteiger partial charge in [0.15, 0.2) is 0 Å². The predicted molar refractivity (Wildman–Crippen MR) is 88.8 cm³/mol. The summed E-state index contributed by atoms with van der Waals surface area (Å²) in [6.07, 6.45) is 6.80. The smallest absolute Gasteiger partial charge is 0.325 e. The predicted octanol–water partition coefficient (Wildman–Crippen LogP) is 1.16. The summed E-state index contributed by atoms with van der Waals surface area (Å²) < 4.78 is 0. The molecule has 0 unspecified atom stereocenters. The minimum atomic E-state index is -1.09. The number of nitrogens with two attached hydrogens (primary N) is 1. The van der Waals surface area contributed by atoms with Crippen LogP contribution >= 0.6 is 0 Å². The van der Waals surface area contributed by atoms with E-state index in [1.807, 2.05) is 0 Å². The van der Waals surface area contributed by atoms with E-state index >= 15 is 0 Å². The number of carbonyl (C=O) groups excluding carboxylic acids is 2. The van der Waals surface area contributed by atoms with Crippen molar-refractivity contribution in [1.29, 1.82) is 0 Å². The number of carboxylic acids is 1. The van der Waals surface area contributed by atoms with Gasteiger partial charge in [-0.05, 0) is 32.6 Å². The lowest BCUT2D eigenvalue weighted by Gasteiger charge is -2.14. The van der Waals surface area contributed by atoms with Gasteiger partial charge in [0.1, 0.15) is 6.04 Å². The van der Waals surface area contributed by atoms with Crippen molar-refractivity contribution in [1.82, 2.24) is 10.6 Å². The fourth-order valence-corrected chi connectivity index (χ4v) is 2.03. The van der Waals surface area contributed by atoms with E-state index in [4.69, 9.17) is 10.8 Å². The molecule has 0 aromatic heterocycles. The summed E-state index contributed by atoms with van der Waals surface area (Å²) in [4.78, 5) is 33.8. The van der Waals surface area contributed by atoms with Gasteiger partial charge in [0.05, 0.1) is 6.04 Å². The molecule has 0 aromatic carbocycles. The Kier molecular flexibility index (Phi) is 12.0. The Morgan fingerprint density at radius 2 is 1.78 bits per heavy atom. The third kappa shape index (κ3) is 11.6. The van der Waals surface area contributed by atoms with Gasteiger partial charge < -0.3 is 21.5 Å². The number of carboxylic acid groups (broad SMARTS) is 1. The van der Waals surface area contributed by atoms with E-state index in [2.05, 4.69) is 17.6 Å². The van der Waals surface area contributed by atoms with Crippen molar-refractivity contribution in [2.24, 2.45) is 5.73 Å². The highest BCUT2D eigenvalue weighted by Crippen LogP contribution is 2.03. The van der Waals surface area contributed by atoms with E-state index in [0.717, 1.165) is 32.1 Å². The van der Waals surface area contributed by atoms with E-state index < -0.39 is 24.0 Å². The van der Waals surface area contributed by atoms with E-state index in [1.165, 1.54) is 6.92 Å². The third-order valence-corrected chi connectivity index (χ3v) is 3.59. The second kappa shape index (κ2) is 12.9. The van der Waals surface area contributed by atoms with Crippen molar-refractivity contribution >= 4 is 17.8 Å². The summed E-state index contributed by atoms with van der Waals surface area (Å²) in [5, 5.41) is 13.9. The number of hydrogen-bond donors (Lipinski definition) is 4. The molecule has 0 radical (unpaired) electrons. The molecular formula is C16H31N3O4. The van der Waals surface area contributed by atoms with Gasteiger partial charge in [-0.25, -0.2) is 0 Å². The van der Waals surface area contributed by atoms with Crippen LogP contribution in [0.5, 0.6) is 0 Å². The van der Waals surface area contributed by atoms with Gasteiger partial charge in [-0.3, -0.25) is 14.4 Å². The van der Waals surface area contributed by atoms with Gasteiger partial charge in [0.25, 0.3) is 0 Å². The topological polar surface area (TPSA) is 122 Å². The molecule has 7 heteroatoms. The first-order valence-corrected chi connectivity index (χ1v) is 8.44. The number of aliphatic carboxylic acids is 1. The molecule has 7 nitrogen and oxygen atoms in total. The lowest BCUT2D eigenvalue weighted by atomic mass is 10.1. The Balaban J connectivity index is 3.65. The van der Waals surface area contributed by atoms with Gasteiger partial charge >= 0.3 is 5.97 Å². The maximum absolute atomic E-state index is 11.6. The van der Waals surface area contributed by atoms with Gasteiger partial charge in [0.2, 0.25) is 11.8 Å². The van der Waals surface area contributed by atoms with Crippen LogP contribution in [0.1, 0.15) is 65.2 Å². The SMILES string of the molecule is CCCCCCC(=O)NCCCC[C@H](N)C(=O)N[C@@H](C)C(=O)O. The third-order valence-electron chi connectivity index (χ3n) is 3.59. The van der Waals surface area contributed by atoms with Crippen molar-refractivity contribution in [2.45, 2.75) is 77.3 Å². The van der Waals surface area contributed by atoms with E-state index in [1.54, 1.807) is 0 Å². The van der Waals surface area contributed by atoms with Gasteiger partial charge in [-0.15, -0.1) is 0 Å². The molecule has 0 saturated heterocycles. The van der Waals surface area contributed by atoms with Crippen molar-refractivity contribution in [3.8, 4) is 0 Å². The lowest BCUT2D eigenvalue weighted by molar-refractivity contribution is -0.141. The van der Waals surface area contributed by atoms with Crippen LogP contribution in [-0.4, -0.2) is 41.5 Å².